The van der Waals surface area contributed by atoms with Crippen LogP contribution in [0.25, 0.3) is 0 Å². The Morgan fingerprint density at radius 1 is 1.15 bits per heavy atom. The molecule has 110 valence electrons. The first kappa shape index (κ1) is 16.0. The lowest BCUT2D eigenvalue weighted by atomic mass is 10.1. The number of carbonyl (C=O) groups excluding carboxylic acids is 2. The zero-order valence-electron chi connectivity index (χ0n) is 12.2. The van der Waals surface area contributed by atoms with Crippen LogP contribution in [0.1, 0.15) is 26.3 Å². The van der Waals surface area contributed by atoms with Crippen molar-refractivity contribution in [3.8, 4) is 0 Å². The largest absolute Gasteiger partial charge is 0.464 e. The Balaban J connectivity index is 2.70. The molecular formula is C15H22N2O3. The fourth-order valence-electron chi connectivity index (χ4n) is 1.75. The highest BCUT2D eigenvalue weighted by Gasteiger charge is 2.22. The van der Waals surface area contributed by atoms with Gasteiger partial charge in [-0.1, -0.05) is 30.3 Å². The van der Waals surface area contributed by atoms with Crippen LogP contribution < -0.4 is 10.6 Å². The molecule has 0 saturated heterocycles. The molecule has 0 fully saturated rings. The lowest BCUT2D eigenvalue weighted by Gasteiger charge is -2.18. The second kappa shape index (κ2) is 8.19. The summed E-state index contributed by atoms with van der Waals surface area (Å²) in [6.07, 6.45) is 0.408. The number of rotatable bonds is 6. The number of hydrogen-bond donors (Lipinski definition) is 2. The lowest BCUT2D eigenvalue weighted by Crippen LogP contribution is -2.49. The molecule has 0 aliphatic heterocycles. The van der Waals surface area contributed by atoms with Crippen LogP contribution in [0, 0.1) is 0 Å². The van der Waals surface area contributed by atoms with E-state index in [-0.39, 0.29) is 18.7 Å². The van der Waals surface area contributed by atoms with Crippen LogP contribution in [0.5, 0.6) is 0 Å². The predicted octanol–water partition coefficient (Wildman–Crippen LogP) is 1.87. The Morgan fingerprint density at radius 3 is 2.35 bits per heavy atom. The van der Waals surface area contributed by atoms with Gasteiger partial charge in [-0.15, -0.1) is 0 Å². The molecule has 0 heterocycles. The molecule has 1 atom stereocenters. The summed E-state index contributed by atoms with van der Waals surface area (Å²) in [5.74, 6) is -0.421. The van der Waals surface area contributed by atoms with Gasteiger partial charge in [0.05, 0.1) is 6.61 Å². The molecular weight excluding hydrogens is 256 g/mol. The van der Waals surface area contributed by atoms with Gasteiger partial charge < -0.3 is 15.4 Å². The average molecular weight is 278 g/mol. The topological polar surface area (TPSA) is 67.4 Å². The zero-order valence-corrected chi connectivity index (χ0v) is 12.2. The monoisotopic (exact) mass is 278 g/mol. The highest BCUT2D eigenvalue weighted by molar-refractivity contribution is 5.83. The first-order valence-electron chi connectivity index (χ1n) is 6.80. The smallest absolute Gasteiger partial charge is 0.329 e. The summed E-state index contributed by atoms with van der Waals surface area (Å²) in [6, 6.07) is 8.47. The van der Waals surface area contributed by atoms with E-state index in [1.54, 1.807) is 6.92 Å². The van der Waals surface area contributed by atoms with Crippen LogP contribution in [0.4, 0.5) is 4.79 Å². The highest BCUT2D eigenvalue weighted by atomic mass is 16.5. The first-order chi connectivity index (χ1) is 9.52. The Labute approximate surface area is 119 Å². The maximum atomic E-state index is 11.9. The lowest BCUT2D eigenvalue weighted by molar-refractivity contribution is -0.145. The molecule has 2 amide bonds. The summed E-state index contributed by atoms with van der Waals surface area (Å²) in [6.45, 7) is 5.75. The van der Waals surface area contributed by atoms with E-state index in [4.69, 9.17) is 4.74 Å². The van der Waals surface area contributed by atoms with Gasteiger partial charge in [0, 0.05) is 12.5 Å². The van der Waals surface area contributed by atoms with Crippen molar-refractivity contribution in [2.45, 2.75) is 39.3 Å². The van der Waals surface area contributed by atoms with Crippen molar-refractivity contribution in [3.63, 3.8) is 0 Å². The summed E-state index contributed by atoms with van der Waals surface area (Å²) >= 11 is 0. The summed E-state index contributed by atoms with van der Waals surface area (Å²) in [5, 5.41) is 5.35. The third-order valence-corrected chi connectivity index (χ3v) is 2.58. The number of carbonyl (C=O) groups is 2. The minimum absolute atomic E-state index is 0.00886. The fraction of sp³-hybridized carbons (Fsp3) is 0.467. The number of ether oxygens (including phenoxy) is 1. The van der Waals surface area contributed by atoms with Gasteiger partial charge in [-0.3, -0.25) is 0 Å². The van der Waals surface area contributed by atoms with E-state index in [1.165, 1.54) is 0 Å². The second-order valence-electron chi connectivity index (χ2n) is 4.77. The molecule has 0 spiro atoms. The molecule has 1 rings (SSSR count). The molecule has 5 nitrogen and oxygen atoms in total. The van der Waals surface area contributed by atoms with Gasteiger partial charge >= 0.3 is 12.0 Å². The molecule has 0 saturated carbocycles. The van der Waals surface area contributed by atoms with E-state index in [0.29, 0.717) is 6.42 Å². The standard InChI is InChI=1S/C15H22N2O3/c1-4-20-14(18)13(17-15(19)16-11(2)3)10-12-8-6-5-7-9-12/h5-9,11,13H,4,10H2,1-3H3,(H2,16,17,19). The highest BCUT2D eigenvalue weighted by Crippen LogP contribution is 2.05. The predicted molar refractivity (Wildman–Crippen MR) is 77.4 cm³/mol. The van der Waals surface area contributed by atoms with Gasteiger partial charge in [0.25, 0.3) is 0 Å². The Kier molecular flexibility index (Phi) is 6.56. The number of hydrogen-bond acceptors (Lipinski definition) is 3. The second-order valence-corrected chi connectivity index (χ2v) is 4.77. The maximum Gasteiger partial charge on any atom is 0.329 e. The van der Waals surface area contributed by atoms with Gasteiger partial charge in [-0.05, 0) is 26.3 Å². The van der Waals surface area contributed by atoms with Gasteiger partial charge in [0.2, 0.25) is 0 Å². The van der Waals surface area contributed by atoms with E-state index in [9.17, 15) is 9.59 Å². The van der Waals surface area contributed by atoms with Gasteiger partial charge in [-0.25, -0.2) is 9.59 Å². The van der Waals surface area contributed by atoms with Crippen molar-refractivity contribution < 1.29 is 14.3 Å². The number of nitrogens with one attached hydrogen (secondary N) is 2. The summed E-state index contributed by atoms with van der Waals surface area (Å²) < 4.78 is 5.00. The molecule has 1 unspecified atom stereocenters. The van der Waals surface area contributed by atoms with Crippen LogP contribution in [0.3, 0.4) is 0 Å². The Morgan fingerprint density at radius 2 is 1.80 bits per heavy atom. The Bertz CT molecular complexity index is 432. The number of amides is 2. The Hall–Kier alpha value is -2.04. The summed E-state index contributed by atoms with van der Waals surface area (Å²) in [7, 11) is 0. The fourth-order valence-corrected chi connectivity index (χ4v) is 1.75. The molecule has 2 N–H and O–H groups in total. The molecule has 0 aliphatic rings. The quantitative estimate of drug-likeness (QED) is 0.781. The van der Waals surface area contributed by atoms with Crippen LogP contribution in [-0.2, 0) is 16.0 Å². The number of urea groups is 1. The number of esters is 1. The van der Waals surface area contributed by atoms with Gasteiger partial charge in [0.15, 0.2) is 0 Å². The van der Waals surface area contributed by atoms with E-state index in [2.05, 4.69) is 10.6 Å². The summed E-state index contributed by atoms with van der Waals surface area (Å²) in [5.41, 5.74) is 0.968. The van der Waals surface area contributed by atoms with E-state index in [1.807, 2.05) is 44.2 Å². The van der Waals surface area contributed by atoms with Crippen molar-refractivity contribution >= 4 is 12.0 Å². The SMILES string of the molecule is CCOC(=O)C(Cc1ccccc1)NC(=O)NC(C)C. The molecule has 0 bridgehead atoms. The number of benzene rings is 1. The van der Waals surface area contributed by atoms with Crippen LogP contribution >= 0.6 is 0 Å². The minimum atomic E-state index is -0.684. The molecule has 1 aromatic carbocycles. The molecule has 1 aromatic rings. The van der Waals surface area contributed by atoms with E-state index in [0.717, 1.165) is 5.56 Å². The van der Waals surface area contributed by atoms with Gasteiger partial charge in [0.1, 0.15) is 6.04 Å². The van der Waals surface area contributed by atoms with Crippen molar-refractivity contribution in [1.82, 2.24) is 10.6 Å². The van der Waals surface area contributed by atoms with Crippen LogP contribution in [0.2, 0.25) is 0 Å². The van der Waals surface area contributed by atoms with Crippen molar-refractivity contribution in [3.05, 3.63) is 35.9 Å². The molecule has 0 aliphatic carbocycles. The minimum Gasteiger partial charge on any atom is -0.464 e. The van der Waals surface area contributed by atoms with Crippen molar-refractivity contribution in [1.29, 1.82) is 0 Å². The first-order valence-corrected chi connectivity index (χ1v) is 6.80. The van der Waals surface area contributed by atoms with Crippen LogP contribution in [0.15, 0.2) is 30.3 Å². The molecule has 5 heteroatoms. The molecule has 20 heavy (non-hydrogen) atoms. The van der Waals surface area contributed by atoms with Crippen molar-refractivity contribution in [2.75, 3.05) is 6.61 Å². The zero-order chi connectivity index (χ0) is 15.0. The molecule has 0 aromatic heterocycles. The van der Waals surface area contributed by atoms with E-state index >= 15 is 0 Å². The third-order valence-electron chi connectivity index (χ3n) is 2.58. The molecule has 0 radical (unpaired) electrons. The maximum absolute atomic E-state index is 11.9. The third kappa shape index (κ3) is 5.73. The van der Waals surface area contributed by atoms with Gasteiger partial charge in [-0.2, -0.15) is 0 Å². The van der Waals surface area contributed by atoms with Crippen molar-refractivity contribution in [2.24, 2.45) is 0 Å². The normalized spacial score (nSPS) is 11.8. The average Bonchev–Trinajstić information content (AvgIpc) is 2.38. The van der Waals surface area contributed by atoms with Crippen LogP contribution in [-0.4, -0.2) is 30.7 Å². The van der Waals surface area contributed by atoms with E-state index < -0.39 is 12.0 Å². The summed E-state index contributed by atoms with van der Waals surface area (Å²) in [4.78, 5) is 23.6.